The second-order valence-electron chi connectivity index (χ2n) is 7.62. The summed E-state index contributed by atoms with van der Waals surface area (Å²) in [5, 5.41) is 14.2. The monoisotopic (exact) mass is 508 g/mol. The van der Waals surface area contributed by atoms with Crippen LogP contribution in [0.25, 0.3) is 11.1 Å². The van der Waals surface area contributed by atoms with E-state index in [9.17, 15) is 19.5 Å². The number of hydrogen-bond acceptors (Lipinski definition) is 4. The molecule has 0 radical (unpaired) electrons. The molecule has 7 nitrogen and oxygen atoms in total. The lowest BCUT2D eigenvalue weighted by Crippen LogP contribution is -2.45. The van der Waals surface area contributed by atoms with Gasteiger partial charge in [-0.3, -0.25) is 9.59 Å². The average Bonchev–Trinajstić information content (AvgIpc) is 3.12. The molecule has 0 heterocycles. The zero-order chi connectivity index (χ0) is 23.4. The number of carboxylic acids is 1. The predicted octanol–water partition coefficient (Wildman–Crippen LogP) is 4.77. The Balaban J connectivity index is 1.42. The number of amides is 2. The summed E-state index contributed by atoms with van der Waals surface area (Å²) < 4.78 is 6.27. The normalized spacial score (nSPS) is 12.9. The van der Waals surface area contributed by atoms with Gasteiger partial charge in [0.1, 0.15) is 12.6 Å². The Morgan fingerprint density at radius 3 is 2.06 bits per heavy atom. The highest BCUT2D eigenvalue weighted by Gasteiger charge is 2.30. The molecule has 0 aliphatic heterocycles. The molecule has 0 saturated carbocycles. The molecule has 0 saturated heterocycles. The second-order valence-corrected chi connectivity index (χ2v) is 8.53. The van der Waals surface area contributed by atoms with Crippen LogP contribution in [-0.4, -0.2) is 35.7 Å². The maximum Gasteiger partial charge on any atom is 0.407 e. The minimum absolute atomic E-state index is 0.0635. The number of alkyl carbamates (subject to hydrolysis) is 1. The number of fused-ring (bicyclic) bond motifs is 3. The summed E-state index contributed by atoms with van der Waals surface area (Å²) in [6.07, 6.45) is -1.43. The molecule has 1 unspecified atom stereocenters. The van der Waals surface area contributed by atoms with E-state index in [-0.39, 0.29) is 12.5 Å². The van der Waals surface area contributed by atoms with Gasteiger partial charge in [-0.25, -0.2) is 4.79 Å². The van der Waals surface area contributed by atoms with Crippen molar-refractivity contribution in [1.82, 2.24) is 5.32 Å². The number of nitrogens with one attached hydrogen (secondary N) is 2. The Bertz CT molecular complexity index is 1150. The third-order valence-electron chi connectivity index (χ3n) is 5.44. The maximum atomic E-state index is 12.6. The van der Waals surface area contributed by atoms with Crippen LogP contribution < -0.4 is 10.6 Å². The first-order valence-electron chi connectivity index (χ1n) is 10.3. The highest BCUT2D eigenvalue weighted by atomic mass is 79.9. The minimum atomic E-state index is -1.29. The Morgan fingerprint density at radius 2 is 1.48 bits per heavy atom. The number of carboxylic acid groups (broad SMARTS) is 1. The van der Waals surface area contributed by atoms with Crippen molar-refractivity contribution < 1.29 is 24.2 Å². The topological polar surface area (TPSA) is 105 Å². The first kappa shape index (κ1) is 22.5. The summed E-state index contributed by atoms with van der Waals surface area (Å²) in [6, 6.07) is 21.4. The van der Waals surface area contributed by atoms with Gasteiger partial charge in [0.2, 0.25) is 5.91 Å². The van der Waals surface area contributed by atoms with E-state index in [0.717, 1.165) is 26.7 Å². The van der Waals surface area contributed by atoms with Crippen LogP contribution in [0.1, 0.15) is 23.5 Å². The first-order chi connectivity index (χ1) is 15.9. The van der Waals surface area contributed by atoms with Crippen LogP contribution >= 0.6 is 15.9 Å². The summed E-state index contributed by atoms with van der Waals surface area (Å²) in [7, 11) is 0. The number of ether oxygens (including phenoxy) is 1. The molecule has 2 amide bonds. The average molecular weight is 509 g/mol. The van der Waals surface area contributed by atoms with Gasteiger partial charge in [-0.15, -0.1) is 0 Å². The second kappa shape index (κ2) is 9.87. The van der Waals surface area contributed by atoms with Gasteiger partial charge in [-0.2, -0.15) is 0 Å². The van der Waals surface area contributed by atoms with Gasteiger partial charge in [0.05, 0.1) is 6.42 Å². The van der Waals surface area contributed by atoms with E-state index in [2.05, 4.69) is 26.6 Å². The maximum absolute atomic E-state index is 12.6. The molecule has 1 aliphatic rings. The first-order valence-corrected chi connectivity index (χ1v) is 11.1. The predicted molar refractivity (Wildman–Crippen MR) is 127 cm³/mol. The molecule has 0 aromatic heterocycles. The van der Waals surface area contributed by atoms with Crippen molar-refractivity contribution in [3.63, 3.8) is 0 Å². The molecular formula is C25H21BrN2O5. The zero-order valence-corrected chi connectivity index (χ0v) is 19.0. The third-order valence-corrected chi connectivity index (χ3v) is 5.97. The highest BCUT2D eigenvalue weighted by Crippen LogP contribution is 2.44. The van der Waals surface area contributed by atoms with Gasteiger partial charge in [-0.1, -0.05) is 64.5 Å². The third kappa shape index (κ3) is 5.23. The molecule has 0 spiro atoms. The van der Waals surface area contributed by atoms with Crippen LogP contribution in [0.5, 0.6) is 0 Å². The molecule has 3 aromatic rings. The number of aliphatic carboxylic acids is 1. The smallest absolute Gasteiger partial charge is 0.407 e. The molecule has 33 heavy (non-hydrogen) atoms. The summed E-state index contributed by atoms with van der Waals surface area (Å²) >= 11 is 3.31. The molecule has 4 rings (SSSR count). The molecule has 1 aliphatic carbocycles. The quantitative estimate of drug-likeness (QED) is 0.426. The van der Waals surface area contributed by atoms with Crippen molar-refractivity contribution in [2.24, 2.45) is 0 Å². The van der Waals surface area contributed by atoms with Crippen molar-refractivity contribution in [1.29, 1.82) is 0 Å². The Labute approximate surface area is 198 Å². The fourth-order valence-corrected chi connectivity index (χ4v) is 4.19. The van der Waals surface area contributed by atoms with E-state index in [0.29, 0.717) is 5.69 Å². The number of rotatable bonds is 7. The molecule has 0 fully saturated rings. The van der Waals surface area contributed by atoms with Crippen molar-refractivity contribution in [2.45, 2.75) is 18.4 Å². The molecule has 168 valence electrons. The van der Waals surface area contributed by atoms with Crippen molar-refractivity contribution in [3.05, 3.63) is 88.4 Å². The van der Waals surface area contributed by atoms with E-state index < -0.39 is 30.4 Å². The van der Waals surface area contributed by atoms with Crippen LogP contribution in [0.4, 0.5) is 10.5 Å². The number of halogens is 1. The molecule has 0 bridgehead atoms. The van der Waals surface area contributed by atoms with Crippen LogP contribution in [0.3, 0.4) is 0 Å². The Morgan fingerprint density at radius 1 is 0.909 bits per heavy atom. The Hall–Kier alpha value is -3.65. The van der Waals surface area contributed by atoms with E-state index in [4.69, 9.17) is 4.74 Å². The van der Waals surface area contributed by atoms with E-state index >= 15 is 0 Å². The van der Waals surface area contributed by atoms with Gasteiger partial charge < -0.3 is 20.5 Å². The zero-order valence-electron chi connectivity index (χ0n) is 17.5. The van der Waals surface area contributed by atoms with Crippen LogP contribution in [0, 0.1) is 0 Å². The Kier molecular flexibility index (Phi) is 6.74. The number of carbonyl (C=O) groups excluding carboxylic acids is 2. The number of anilines is 1. The van der Waals surface area contributed by atoms with Crippen LogP contribution in [0.2, 0.25) is 0 Å². The van der Waals surface area contributed by atoms with Crippen LogP contribution in [0.15, 0.2) is 77.3 Å². The van der Waals surface area contributed by atoms with E-state index in [1.807, 2.05) is 48.5 Å². The SMILES string of the molecule is O=C(O)CC(NC(=O)OCC1c2ccccc2-c2ccccc21)C(=O)Nc1ccc(Br)cc1. The van der Waals surface area contributed by atoms with Crippen molar-refractivity contribution >= 4 is 39.6 Å². The standard InChI is InChI=1S/C25H21BrN2O5/c26-15-9-11-16(12-10-15)27-24(31)22(13-23(29)30)28-25(32)33-14-21-19-7-3-1-5-17(19)18-6-2-4-8-20(18)21/h1-12,21-22H,13-14H2,(H,27,31)(H,28,32)(H,29,30). The molecule has 8 heteroatoms. The number of benzene rings is 3. The van der Waals surface area contributed by atoms with E-state index in [1.54, 1.807) is 24.3 Å². The molecule has 3 aromatic carbocycles. The largest absolute Gasteiger partial charge is 0.481 e. The summed E-state index contributed by atoms with van der Waals surface area (Å²) in [4.78, 5) is 36.4. The van der Waals surface area contributed by atoms with Gasteiger partial charge >= 0.3 is 12.1 Å². The minimum Gasteiger partial charge on any atom is -0.481 e. The fraction of sp³-hybridized carbons (Fsp3) is 0.160. The lowest BCUT2D eigenvalue weighted by Gasteiger charge is -2.18. The van der Waals surface area contributed by atoms with Gasteiger partial charge in [0, 0.05) is 16.1 Å². The van der Waals surface area contributed by atoms with Crippen molar-refractivity contribution in [3.8, 4) is 11.1 Å². The summed E-state index contributed by atoms with van der Waals surface area (Å²) in [5.74, 6) is -2.00. The van der Waals surface area contributed by atoms with Gasteiger partial charge in [0.15, 0.2) is 0 Å². The lowest BCUT2D eigenvalue weighted by atomic mass is 9.98. The summed E-state index contributed by atoms with van der Waals surface area (Å²) in [6.45, 7) is 0.0635. The molecular weight excluding hydrogens is 488 g/mol. The molecule has 3 N–H and O–H groups in total. The highest BCUT2D eigenvalue weighted by molar-refractivity contribution is 9.10. The number of hydrogen-bond donors (Lipinski definition) is 3. The fourth-order valence-electron chi connectivity index (χ4n) is 3.93. The van der Waals surface area contributed by atoms with E-state index in [1.165, 1.54) is 0 Å². The van der Waals surface area contributed by atoms with Gasteiger partial charge in [-0.05, 0) is 46.5 Å². The number of carbonyl (C=O) groups is 3. The van der Waals surface area contributed by atoms with Crippen LogP contribution in [-0.2, 0) is 14.3 Å². The van der Waals surface area contributed by atoms with Gasteiger partial charge in [0.25, 0.3) is 0 Å². The summed E-state index contributed by atoms with van der Waals surface area (Å²) in [5.41, 5.74) is 4.79. The lowest BCUT2D eigenvalue weighted by molar-refractivity contribution is -0.139. The molecule has 1 atom stereocenters. The van der Waals surface area contributed by atoms with Crippen molar-refractivity contribution in [2.75, 3.05) is 11.9 Å².